The van der Waals surface area contributed by atoms with Crippen LogP contribution in [0.2, 0.25) is 0 Å². The van der Waals surface area contributed by atoms with E-state index in [0.717, 1.165) is 48.6 Å². The van der Waals surface area contributed by atoms with Gasteiger partial charge in [-0.25, -0.2) is 4.68 Å². The fraction of sp³-hybridized carbons (Fsp3) is 0.370. The molecule has 192 valence electrons. The molecule has 4 aromatic rings. The molecule has 1 fully saturated rings. The number of aryl methyl sites for hydroxylation is 1. The van der Waals surface area contributed by atoms with Crippen LogP contribution in [0.1, 0.15) is 48.9 Å². The van der Waals surface area contributed by atoms with Gasteiger partial charge in [-0.05, 0) is 37.1 Å². The summed E-state index contributed by atoms with van der Waals surface area (Å²) in [6.07, 6.45) is 6.49. The molecule has 37 heavy (non-hydrogen) atoms. The van der Waals surface area contributed by atoms with Crippen molar-refractivity contribution < 1.29 is 14.1 Å². The van der Waals surface area contributed by atoms with Gasteiger partial charge in [0.15, 0.2) is 5.82 Å². The minimum Gasteiger partial charge on any atom is -0.380 e. The molecule has 0 spiro atoms. The molecule has 0 unspecified atom stereocenters. The largest absolute Gasteiger partial charge is 0.380 e. The maximum Gasteiger partial charge on any atom is 0.256 e. The van der Waals surface area contributed by atoms with Gasteiger partial charge in [0.2, 0.25) is 0 Å². The van der Waals surface area contributed by atoms with Crippen molar-refractivity contribution in [2.45, 2.75) is 39.5 Å². The molecule has 0 bridgehead atoms. The maximum atomic E-state index is 12.9. The molecule has 1 aliphatic rings. The number of amides is 1. The number of rotatable bonds is 5. The summed E-state index contributed by atoms with van der Waals surface area (Å²) in [7, 11) is 0. The van der Waals surface area contributed by atoms with E-state index in [1.165, 1.54) is 0 Å². The number of carbonyl (C=O) groups is 1. The van der Waals surface area contributed by atoms with E-state index in [-0.39, 0.29) is 11.3 Å². The molecule has 0 radical (unpaired) electrons. The van der Waals surface area contributed by atoms with Crippen LogP contribution in [0.15, 0.2) is 53.4 Å². The first-order valence-electron chi connectivity index (χ1n) is 12.4. The summed E-state index contributed by atoms with van der Waals surface area (Å²) in [5, 5.41) is 15.5. The predicted molar refractivity (Wildman–Crippen MR) is 140 cm³/mol. The van der Waals surface area contributed by atoms with Crippen LogP contribution < -0.4 is 10.2 Å². The van der Waals surface area contributed by atoms with Gasteiger partial charge in [0.25, 0.3) is 5.91 Å². The minimum atomic E-state index is -0.284. The van der Waals surface area contributed by atoms with E-state index in [4.69, 9.17) is 9.26 Å². The van der Waals surface area contributed by atoms with Crippen LogP contribution in [0.4, 0.5) is 11.5 Å². The summed E-state index contributed by atoms with van der Waals surface area (Å²) >= 11 is 0. The molecule has 10 heteroatoms. The Bertz CT molecular complexity index is 1400. The molecule has 0 atom stereocenters. The zero-order valence-corrected chi connectivity index (χ0v) is 21.6. The van der Waals surface area contributed by atoms with Crippen LogP contribution in [0.25, 0.3) is 16.9 Å². The fourth-order valence-electron chi connectivity index (χ4n) is 4.13. The highest BCUT2D eigenvalue weighted by molar-refractivity contribution is 6.04. The third-order valence-electron chi connectivity index (χ3n) is 6.31. The molecule has 3 aromatic heterocycles. The Balaban J connectivity index is 1.36. The third-order valence-corrected chi connectivity index (χ3v) is 6.31. The van der Waals surface area contributed by atoms with Gasteiger partial charge in [0.05, 0.1) is 30.4 Å². The summed E-state index contributed by atoms with van der Waals surface area (Å²) < 4.78 is 12.6. The van der Waals surface area contributed by atoms with Gasteiger partial charge in [0, 0.05) is 48.5 Å². The SMILES string of the molecule is Cc1ccc(C(=O)Nc2cc(C(C)(C)C)on2)cc1-n1cc(-c2cncc(N3CCCOCC3)c2)nn1. The van der Waals surface area contributed by atoms with E-state index in [1.54, 1.807) is 29.1 Å². The minimum absolute atomic E-state index is 0.200. The summed E-state index contributed by atoms with van der Waals surface area (Å²) in [5.74, 6) is 0.794. The van der Waals surface area contributed by atoms with Crippen molar-refractivity contribution in [1.82, 2.24) is 25.1 Å². The van der Waals surface area contributed by atoms with Gasteiger partial charge in [-0.2, -0.15) is 0 Å². The third kappa shape index (κ3) is 5.54. The van der Waals surface area contributed by atoms with E-state index in [0.29, 0.717) is 29.4 Å². The Morgan fingerprint density at radius 2 is 1.95 bits per heavy atom. The first-order valence-corrected chi connectivity index (χ1v) is 12.4. The number of pyridine rings is 1. The van der Waals surface area contributed by atoms with Crippen molar-refractivity contribution in [2.75, 3.05) is 36.5 Å². The van der Waals surface area contributed by atoms with E-state index in [9.17, 15) is 4.79 Å². The lowest BCUT2D eigenvalue weighted by Gasteiger charge is -2.21. The quantitative estimate of drug-likeness (QED) is 0.428. The van der Waals surface area contributed by atoms with Crippen LogP contribution in [0.3, 0.4) is 0 Å². The molecular formula is C27H31N7O3. The van der Waals surface area contributed by atoms with Crippen molar-refractivity contribution in [2.24, 2.45) is 0 Å². The molecule has 0 saturated carbocycles. The van der Waals surface area contributed by atoms with Gasteiger partial charge < -0.3 is 19.5 Å². The van der Waals surface area contributed by atoms with Crippen molar-refractivity contribution in [3.63, 3.8) is 0 Å². The highest BCUT2D eigenvalue weighted by atomic mass is 16.5. The Kier molecular flexibility index (Phi) is 6.75. The standard InChI is InChI=1S/C27H31N7O3/c1-18-6-7-19(26(35)29-25-14-24(37-31-25)27(2,3)4)13-23(18)34-17-22(30-32-34)20-12-21(16-28-15-20)33-8-5-10-36-11-9-33/h6-7,12-17H,5,8-11H2,1-4H3,(H,29,31,35). The Morgan fingerprint density at radius 3 is 2.76 bits per heavy atom. The van der Waals surface area contributed by atoms with Crippen LogP contribution in [0.5, 0.6) is 0 Å². The molecule has 1 saturated heterocycles. The summed E-state index contributed by atoms with van der Waals surface area (Å²) in [6.45, 7) is 11.3. The van der Waals surface area contributed by atoms with Crippen LogP contribution >= 0.6 is 0 Å². The van der Waals surface area contributed by atoms with Gasteiger partial charge in [-0.1, -0.05) is 37.2 Å². The van der Waals surface area contributed by atoms with Crippen molar-refractivity contribution in [3.8, 4) is 16.9 Å². The highest BCUT2D eigenvalue weighted by Gasteiger charge is 2.21. The monoisotopic (exact) mass is 501 g/mol. The first-order chi connectivity index (χ1) is 17.8. The molecule has 5 rings (SSSR count). The van der Waals surface area contributed by atoms with Gasteiger partial charge in [-0.15, -0.1) is 5.10 Å². The Morgan fingerprint density at radius 1 is 1.08 bits per heavy atom. The number of nitrogens with one attached hydrogen (secondary N) is 1. The fourth-order valence-corrected chi connectivity index (χ4v) is 4.13. The zero-order valence-electron chi connectivity index (χ0n) is 21.6. The number of nitrogens with zero attached hydrogens (tertiary/aromatic N) is 6. The molecule has 4 heterocycles. The van der Waals surface area contributed by atoms with E-state index in [1.807, 2.05) is 46.2 Å². The average Bonchev–Trinajstić information content (AvgIpc) is 3.48. The second-order valence-corrected chi connectivity index (χ2v) is 10.2. The number of hydrogen-bond donors (Lipinski definition) is 1. The maximum absolute atomic E-state index is 12.9. The van der Waals surface area contributed by atoms with E-state index >= 15 is 0 Å². The van der Waals surface area contributed by atoms with Crippen molar-refractivity contribution in [1.29, 1.82) is 0 Å². The van der Waals surface area contributed by atoms with Gasteiger partial charge in [0.1, 0.15) is 11.5 Å². The van der Waals surface area contributed by atoms with Gasteiger partial charge >= 0.3 is 0 Å². The lowest BCUT2D eigenvalue weighted by molar-refractivity contribution is 0.102. The molecule has 0 aliphatic carbocycles. The lowest BCUT2D eigenvalue weighted by Crippen LogP contribution is -2.25. The number of ether oxygens (including phenoxy) is 1. The summed E-state index contributed by atoms with van der Waals surface area (Å²) in [5.41, 5.74) is 4.61. The number of anilines is 2. The van der Waals surface area contributed by atoms with E-state index in [2.05, 4.69) is 36.7 Å². The second kappa shape index (κ2) is 10.1. The number of benzene rings is 1. The molecular weight excluding hydrogens is 470 g/mol. The van der Waals surface area contributed by atoms with Crippen LogP contribution in [-0.2, 0) is 10.2 Å². The van der Waals surface area contributed by atoms with E-state index < -0.39 is 0 Å². The van der Waals surface area contributed by atoms with Crippen LogP contribution in [-0.4, -0.2) is 57.3 Å². The molecule has 1 amide bonds. The Labute approximate surface area is 215 Å². The smallest absolute Gasteiger partial charge is 0.256 e. The molecule has 1 aromatic carbocycles. The van der Waals surface area contributed by atoms with Crippen LogP contribution in [0, 0.1) is 6.92 Å². The predicted octanol–water partition coefficient (Wildman–Crippen LogP) is 4.40. The number of aromatic nitrogens is 5. The molecule has 10 nitrogen and oxygen atoms in total. The van der Waals surface area contributed by atoms with Gasteiger partial charge in [-0.3, -0.25) is 9.78 Å². The summed E-state index contributed by atoms with van der Waals surface area (Å²) in [6, 6.07) is 9.28. The van der Waals surface area contributed by atoms with Crippen molar-refractivity contribution in [3.05, 3.63) is 65.8 Å². The highest BCUT2D eigenvalue weighted by Crippen LogP contribution is 2.26. The zero-order chi connectivity index (χ0) is 26.0. The van der Waals surface area contributed by atoms with Crippen molar-refractivity contribution >= 4 is 17.4 Å². The Hall–Kier alpha value is -4.05. The normalized spacial score (nSPS) is 14.4. The topological polar surface area (TPSA) is 111 Å². The lowest BCUT2D eigenvalue weighted by atomic mass is 9.93. The summed E-state index contributed by atoms with van der Waals surface area (Å²) in [4.78, 5) is 19.7. The molecule has 1 aliphatic heterocycles. The average molecular weight is 502 g/mol. The second-order valence-electron chi connectivity index (χ2n) is 10.2. The first kappa shape index (κ1) is 24.6. The molecule has 1 N–H and O–H groups in total. The number of hydrogen-bond acceptors (Lipinski definition) is 8. The number of carbonyl (C=O) groups excluding carboxylic acids is 1.